The molecule has 0 bridgehead atoms. The van der Waals surface area contributed by atoms with Gasteiger partial charge in [-0.2, -0.15) is 0 Å². The maximum absolute atomic E-state index is 12.3. The van der Waals surface area contributed by atoms with Crippen LogP contribution in [0, 0.1) is 5.92 Å². The first-order valence-electron chi connectivity index (χ1n) is 7.17. The summed E-state index contributed by atoms with van der Waals surface area (Å²) in [5, 5.41) is 2.26. The van der Waals surface area contributed by atoms with Gasteiger partial charge in [0.15, 0.2) is 0 Å². The molecule has 0 aliphatic carbocycles. The van der Waals surface area contributed by atoms with Gasteiger partial charge in [0, 0.05) is 6.42 Å². The molecule has 1 unspecified atom stereocenters. The monoisotopic (exact) mass is 283 g/mol. The molecule has 1 saturated heterocycles. The van der Waals surface area contributed by atoms with Gasteiger partial charge in [-0.05, 0) is 39.2 Å². The molecule has 6 nitrogen and oxygen atoms in total. The van der Waals surface area contributed by atoms with Crippen molar-refractivity contribution in [3.05, 3.63) is 0 Å². The molecule has 3 N–H and O–H groups in total. The lowest BCUT2D eigenvalue weighted by Gasteiger charge is -2.40. The van der Waals surface area contributed by atoms with Gasteiger partial charge < -0.3 is 10.6 Å². The number of nitrogens with two attached hydrogens (primary N) is 1. The number of nitrogens with zero attached hydrogens (tertiary/aromatic N) is 1. The Bertz CT molecular complexity index is 393. The molecule has 0 saturated carbocycles. The summed E-state index contributed by atoms with van der Waals surface area (Å²) in [6.45, 7) is 5.95. The van der Waals surface area contributed by atoms with Crippen LogP contribution in [0.5, 0.6) is 0 Å². The summed E-state index contributed by atoms with van der Waals surface area (Å²) in [6.07, 6.45) is 2.97. The van der Waals surface area contributed by atoms with Crippen molar-refractivity contribution in [2.75, 3.05) is 13.1 Å². The zero-order valence-electron chi connectivity index (χ0n) is 12.6. The topological polar surface area (TPSA) is 92.5 Å². The maximum Gasteiger partial charge on any atom is 0.252 e. The minimum atomic E-state index is -0.972. The molecule has 0 aromatic rings. The predicted octanol–water partition coefficient (Wildman–Crippen LogP) is 0.405. The third kappa shape index (κ3) is 3.79. The van der Waals surface area contributed by atoms with E-state index in [9.17, 15) is 14.4 Å². The molecular formula is C14H25N3O3. The standard InChI is InChI=1S/C14H25N3O3/c1-4-10(7-8-15)5-6-12(19)17-9-11(18)16-13(20)14(17,2)3/h10H,4-9,15H2,1-3H3,(H,16,18,20). The summed E-state index contributed by atoms with van der Waals surface area (Å²) >= 11 is 0. The van der Waals surface area contributed by atoms with Crippen molar-refractivity contribution in [2.24, 2.45) is 11.7 Å². The van der Waals surface area contributed by atoms with Gasteiger partial charge in [0.25, 0.3) is 5.91 Å². The molecule has 1 aliphatic rings. The van der Waals surface area contributed by atoms with Crippen molar-refractivity contribution in [2.45, 2.75) is 52.0 Å². The normalized spacial score (nSPS) is 19.7. The fraction of sp³-hybridized carbons (Fsp3) is 0.786. The van der Waals surface area contributed by atoms with Crippen LogP contribution in [0.1, 0.15) is 46.5 Å². The lowest BCUT2D eigenvalue weighted by Crippen LogP contribution is -2.65. The Morgan fingerprint density at radius 1 is 1.40 bits per heavy atom. The number of hydrogen-bond acceptors (Lipinski definition) is 4. The molecule has 1 aliphatic heterocycles. The average molecular weight is 283 g/mol. The van der Waals surface area contributed by atoms with Gasteiger partial charge in [-0.3, -0.25) is 19.7 Å². The molecule has 6 heteroatoms. The number of rotatable bonds is 6. The van der Waals surface area contributed by atoms with E-state index in [1.807, 2.05) is 0 Å². The van der Waals surface area contributed by atoms with Gasteiger partial charge in [0.2, 0.25) is 11.8 Å². The van der Waals surface area contributed by atoms with Gasteiger partial charge >= 0.3 is 0 Å². The van der Waals surface area contributed by atoms with E-state index in [1.54, 1.807) is 13.8 Å². The van der Waals surface area contributed by atoms with E-state index in [2.05, 4.69) is 12.2 Å². The number of carbonyl (C=O) groups excluding carboxylic acids is 3. The average Bonchev–Trinajstić information content (AvgIpc) is 2.38. The highest BCUT2D eigenvalue weighted by atomic mass is 16.2. The van der Waals surface area contributed by atoms with Crippen molar-refractivity contribution >= 4 is 17.7 Å². The Kier molecular flexibility index (Phi) is 5.68. The molecular weight excluding hydrogens is 258 g/mol. The van der Waals surface area contributed by atoms with Crippen molar-refractivity contribution in [1.82, 2.24) is 10.2 Å². The van der Waals surface area contributed by atoms with Crippen LogP contribution < -0.4 is 11.1 Å². The second kappa shape index (κ2) is 6.83. The van der Waals surface area contributed by atoms with Gasteiger partial charge in [-0.25, -0.2) is 0 Å². The number of nitrogens with one attached hydrogen (secondary N) is 1. The summed E-state index contributed by atoms with van der Waals surface area (Å²) in [6, 6.07) is 0. The highest BCUT2D eigenvalue weighted by Crippen LogP contribution is 2.22. The van der Waals surface area contributed by atoms with E-state index >= 15 is 0 Å². The first kappa shape index (κ1) is 16.6. The summed E-state index contributed by atoms with van der Waals surface area (Å²) in [5.41, 5.74) is 4.57. The molecule has 3 amide bonds. The Morgan fingerprint density at radius 3 is 2.60 bits per heavy atom. The second-order valence-electron chi connectivity index (χ2n) is 5.81. The third-order valence-corrected chi connectivity index (χ3v) is 4.00. The van der Waals surface area contributed by atoms with Crippen LogP contribution in [0.3, 0.4) is 0 Å². The van der Waals surface area contributed by atoms with E-state index in [0.717, 1.165) is 19.3 Å². The number of piperazine rings is 1. The van der Waals surface area contributed by atoms with Gasteiger partial charge in [0.1, 0.15) is 12.1 Å². The van der Waals surface area contributed by atoms with E-state index in [4.69, 9.17) is 5.73 Å². The van der Waals surface area contributed by atoms with Crippen molar-refractivity contribution in [3.8, 4) is 0 Å². The summed E-state index contributed by atoms with van der Waals surface area (Å²) in [7, 11) is 0. The third-order valence-electron chi connectivity index (χ3n) is 4.00. The van der Waals surface area contributed by atoms with E-state index in [-0.39, 0.29) is 12.5 Å². The van der Waals surface area contributed by atoms with E-state index in [1.165, 1.54) is 4.90 Å². The van der Waals surface area contributed by atoms with E-state index < -0.39 is 17.4 Å². The second-order valence-corrected chi connectivity index (χ2v) is 5.81. The van der Waals surface area contributed by atoms with Crippen LogP contribution in [-0.2, 0) is 14.4 Å². The molecule has 0 aromatic heterocycles. The fourth-order valence-corrected chi connectivity index (χ4v) is 2.43. The first-order chi connectivity index (χ1) is 9.32. The van der Waals surface area contributed by atoms with Gasteiger partial charge in [-0.1, -0.05) is 13.3 Å². The molecule has 1 atom stereocenters. The Labute approximate surface area is 120 Å². The Balaban J connectivity index is 2.65. The lowest BCUT2D eigenvalue weighted by atomic mass is 9.94. The zero-order chi connectivity index (χ0) is 15.3. The van der Waals surface area contributed by atoms with Crippen molar-refractivity contribution in [1.29, 1.82) is 0 Å². The van der Waals surface area contributed by atoms with Gasteiger partial charge in [0.05, 0.1) is 0 Å². The largest absolute Gasteiger partial charge is 0.330 e. The molecule has 0 radical (unpaired) electrons. The van der Waals surface area contributed by atoms with Gasteiger partial charge in [-0.15, -0.1) is 0 Å². The molecule has 0 aromatic carbocycles. The van der Waals surface area contributed by atoms with Crippen LogP contribution in [0.4, 0.5) is 0 Å². The van der Waals surface area contributed by atoms with Crippen LogP contribution in [-0.4, -0.2) is 41.2 Å². The number of hydrogen-bond donors (Lipinski definition) is 2. The van der Waals surface area contributed by atoms with Crippen LogP contribution >= 0.6 is 0 Å². The van der Waals surface area contributed by atoms with Crippen molar-refractivity contribution in [3.63, 3.8) is 0 Å². The number of amides is 3. The molecule has 1 fully saturated rings. The van der Waals surface area contributed by atoms with Crippen LogP contribution in [0.2, 0.25) is 0 Å². The Morgan fingerprint density at radius 2 is 2.05 bits per heavy atom. The Hall–Kier alpha value is -1.43. The lowest BCUT2D eigenvalue weighted by molar-refractivity contribution is -0.155. The first-order valence-corrected chi connectivity index (χ1v) is 7.17. The van der Waals surface area contributed by atoms with Crippen LogP contribution in [0.25, 0.3) is 0 Å². The smallest absolute Gasteiger partial charge is 0.252 e. The minimum absolute atomic E-state index is 0.0503. The highest BCUT2D eigenvalue weighted by Gasteiger charge is 2.43. The molecule has 0 spiro atoms. The zero-order valence-corrected chi connectivity index (χ0v) is 12.6. The maximum atomic E-state index is 12.3. The molecule has 1 heterocycles. The van der Waals surface area contributed by atoms with Crippen molar-refractivity contribution < 1.29 is 14.4 Å². The minimum Gasteiger partial charge on any atom is -0.330 e. The summed E-state index contributed by atoms with van der Waals surface area (Å²) in [4.78, 5) is 36.9. The summed E-state index contributed by atoms with van der Waals surface area (Å²) in [5.74, 6) is -0.567. The highest BCUT2D eigenvalue weighted by molar-refractivity contribution is 6.06. The van der Waals surface area contributed by atoms with Crippen LogP contribution in [0.15, 0.2) is 0 Å². The SMILES string of the molecule is CCC(CCN)CCC(=O)N1CC(=O)NC(=O)C1(C)C. The molecule has 1 rings (SSSR count). The molecule has 20 heavy (non-hydrogen) atoms. The predicted molar refractivity (Wildman–Crippen MR) is 75.6 cm³/mol. The quantitative estimate of drug-likeness (QED) is 0.690. The summed E-state index contributed by atoms with van der Waals surface area (Å²) < 4.78 is 0. The number of imide groups is 1. The fourth-order valence-electron chi connectivity index (χ4n) is 2.43. The number of carbonyl (C=O) groups is 3. The van der Waals surface area contributed by atoms with E-state index in [0.29, 0.717) is 18.9 Å². The molecule has 114 valence electrons.